The fourth-order valence-corrected chi connectivity index (χ4v) is 5.43. The molecular formula is C25H40O5. The van der Waals surface area contributed by atoms with Crippen LogP contribution in [-0.2, 0) is 9.47 Å². The second-order valence-electron chi connectivity index (χ2n) is 9.80. The summed E-state index contributed by atoms with van der Waals surface area (Å²) in [5.74, 6) is 1.91. The Morgan fingerprint density at radius 1 is 1.23 bits per heavy atom. The van der Waals surface area contributed by atoms with E-state index in [1.165, 1.54) is 23.1 Å². The molecule has 0 radical (unpaired) electrons. The number of aliphatic hydroxyl groups is 3. The molecule has 3 aliphatic rings. The highest BCUT2D eigenvalue weighted by Gasteiger charge is 2.41. The van der Waals surface area contributed by atoms with Crippen molar-refractivity contribution in [1.29, 1.82) is 0 Å². The summed E-state index contributed by atoms with van der Waals surface area (Å²) in [5, 5.41) is 29.9. The first kappa shape index (κ1) is 23.7. The molecule has 1 saturated carbocycles. The van der Waals surface area contributed by atoms with Gasteiger partial charge in [-0.05, 0) is 83.0 Å². The first-order valence-corrected chi connectivity index (χ1v) is 11.5. The van der Waals surface area contributed by atoms with Gasteiger partial charge in [-0.15, -0.1) is 0 Å². The molecule has 3 rings (SSSR count). The molecule has 3 N–H and O–H groups in total. The fraction of sp³-hybridized carbons (Fsp3) is 0.760. The molecule has 1 aliphatic heterocycles. The van der Waals surface area contributed by atoms with E-state index in [-0.39, 0.29) is 6.61 Å². The van der Waals surface area contributed by atoms with E-state index in [0.29, 0.717) is 30.3 Å². The van der Waals surface area contributed by atoms with Gasteiger partial charge in [-0.3, -0.25) is 0 Å². The van der Waals surface area contributed by atoms with Gasteiger partial charge in [0.25, 0.3) is 0 Å². The topological polar surface area (TPSA) is 79.2 Å². The average molecular weight is 421 g/mol. The molecule has 5 heteroatoms. The van der Waals surface area contributed by atoms with Gasteiger partial charge in [0.2, 0.25) is 0 Å². The third-order valence-corrected chi connectivity index (χ3v) is 7.23. The fourth-order valence-electron chi connectivity index (χ4n) is 5.43. The van der Waals surface area contributed by atoms with Gasteiger partial charge in [-0.2, -0.15) is 0 Å². The Morgan fingerprint density at radius 2 is 2.00 bits per heavy atom. The number of aliphatic hydroxyl groups excluding tert-OH is 3. The van der Waals surface area contributed by atoms with E-state index in [2.05, 4.69) is 39.5 Å². The molecule has 30 heavy (non-hydrogen) atoms. The Kier molecular flexibility index (Phi) is 8.33. The van der Waals surface area contributed by atoms with E-state index in [0.717, 1.165) is 32.1 Å². The largest absolute Gasteiger partial charge is 0.388 e. The lowest BCUT2D eigenvalue weighted by atomic mass is 9.61. The number of hydrogen-bond donors (Lipinski definition) is 3. The smallest absolute Gasteiger partial charge is 0.186 e. The van der Waals surface area contributed by atoms with Crippen molar-refractivity contribution in [2.24, 2.45) is 23.7 Å². The summed E-state index contributed by atoms with van der Waals surface area (Å²) >= 11 is 0. The summed E-state index contributed by atoms with van der Waals surface area (Å²) in [5.41, 5.74) is 4.19. The number of fused-ring (bicyclic) bond motifs is 1. The Balaban J connectivity index is 1.72. The SMILES string of the molecule is C=C1CCC(C(CCC=C(C)C)COC2OCC(O)C(O)C2O)C2C=C(C)CCC12. The van der Waals surface area contributed by atoms with Crippen LogP contribution in [0, 0.1) is 23.7 Å². The van der Waals surface area contributed by atoms with Crippen LogP contribution in [-0.4, -0.2) is 53.1 Å². The molecule has 0 aromatic heterocycles. The minimum absolute atomic E-state index is 0.0266. The van der Waals surface area contributed by atoms with Gasteiger partial charge in [0.1, 0.15) is 18.3 Å². The molecule has 0 bridgehead atoms. The van der Waals surface area contributed by atoms with Crippen LogP contribution in [0.4, 0.5) is 0 Å². The van der Waals surface area contributed by atoms with Crippen molar-refractivity contribution in [3.63, 3.8) is 0 Å². The molecule has 2 aliphatic carbocycles. The summed E-state index contributed by atoms with van der Waals surface area (Å²) in [4.78, 5) is 0. The molecule has 8 atom stereocenters. The quantitative estimate of drug-likeness (QED) is 0.547. The minimum Gasteiger partial charge on any atom is -0.388 e. The summed E-state index contributed by atoms with van der Waals surface area (Å²) in [6, 6.07) is 0. The Labute approximate surface area is 181 Å². The van der Waals surface area contributed by atoms with E-state index in [4.69, 9.17) is 9.47 Å². The van der Waals surface area contributed by atoms with E-state index in [1.54, 1.807) is 0 Å². The van der Waals surface area contributed by atoms with Gasteiger partial charge >= 0.3 is 0 Å². The van der Waals surface area contributed by atoms with Crippen molar-refractivity contribution in [2.75, 3.05) is 13.2 Å². The predicted molar refractivity (Wildman–Crippen MR) is 118 cm³/mol. The van der Waals surface area contributed by atoms with Crippen LogP contribution in [0.15, 0.2) is 35.5 Å². The van der Waals surface area contributed by atoms with Crippen molar-refractivity contribution in [3.8, 4) is 0 Å². The van der Waals surface area contributed by atoms with Crippen LogP contribution >= 0.6 is 0 Å². The minimum atomic E-state index is -1.24. The zero-order valence-corrected chi connectivity index (χ0v) is 18.8. The maximum atomic E-state index is 10.2. The lowest BCUT2D eigenvalue weighted by molar-refractivity contribution is -0.274. The highest BCUT2D eigenvalue weighted by molar-refractivity contribution is 5.19. The summed E-state index contributed by atoms with van der Waals surface area (Å²) in [6.07, 6.45) is 6.88. The standard InChI is InChI=1S/C25H40O5/c1-15(2)6-5-7-18(13-29-25-24(28)23(27)22(26)14-30-25)20-11-9-17(4)19-10-8-16(3)12-21(19)20/h6,12,18-28H,4-5,7-11,13-14H2,1-3H3. The van der Waals surface area contributed by atoms with Crippen molar-refractivity contribution < 1.29 is 24.8 Å². The van der Waals surface area contributed by atoms with E-state index in [1.807, 2.05) is 0 Å². The normalized spacial score (nSPS) is 37.9. The van der Waals surface area contributed by atoms with Crippen molar-refractivity contribution in [2.45, 2.75) is 83.9 Å². The number of ether oxygens (including phenoxy) is 2. The monoisotopic (exact) mass is 420 g/mol. The van der Waals surface area contributed by atoms with E-state index in [9.17, 15) is 15.3 Å². The summed E-state index contributed by atoms with van der Waals surface area (Å²) < 4.78 is 11.5. The van der Waals surface area contributed by atoms with Crippen molar-refractivity contribution >= 4 is 0 Å². The first-order valence-electron chi connectivity index (χ1n) is 11.5. The van der Waals surface area contributed by atoms with Crippen LogP contribution < -0.4 is 0 Å². The molecule has 0 spiro atoms. The van der Waals surface area contributed by atoms with Gasteiger partial charge in [0.15, 0.2) is 6.29 Å². The lowest BCUT2D eigenvalue weighted by Gasteiger charge is -2.45. The molecule has 0 amide bonds. The van der Waals surface area contributed by atoms with Gasteiger partial charge in [0, 0.05) is 0 Å². The molecule has 2 fully saturated rings. The summed E-state index contributed by atoms with van der Waals surface area (Å²) in [6.45, 7) is 11.3. The molecule has 0 aromatic carbocycles. The molecule has 1 saturated heterocycles. The van der Waals surface area contributed by atoms with Gasteiger partial charge in [-0.1, -0.05) is 35.5 Å². The van der Waals surface area contributed by atoms with Gasteiger partial charge < -0.3 is 24.8 Å². The number of rotatable bonds is 7. The zero-order valence-electron chi connectivity index (χ0n) is 18.8. The van der Waals surface area contributed by atoms with Crippen molar-refractivity contribution in [3.05, 3.63) is 35.5 Å². The lowest BCUT2D eigenvalue weighted by Crippen LogP contribution is -2.54. The predicted octanol–water partition coefficient (Wildman–Crippen LogP) is 3.74. The van der Waals surface area contributed by atoms with Crippen LogP contribution in [0.2, 0.25) is 0 Å². The van der Waals surface area contributed by atoms with Crippen molar-refractivity contribution in [1.82, 2.24) is 0 Å². The third kappa shape index (κ3) is 5.63. The summed E-state index contributed by atoms with van der Waals surface area (Å²) in [7, 11) is 0. The molecule has 170 valence electrons. The van der Waals surface area contributed by atoms with Crippen LogP contribution in [0.1, 0.15) is 59.3 Å². The molecule has 1 heterocycles. The maximum Gasteiger partial charge on any atom is 0.186 e. The Hall–Kier alpha value is -0.980. The second kappa shape index (κ2) is 10.6. The third-order valence-electron chi connectivity index (χ3n) is 7.23. The van der Waals surface area contributed by atoms with Gasteiger partial charge in [-0.25, -0.2) is 0 Å². The molecular weight excluding hydrogens is 380 g/mol. The van der Waals surface area contributed by atoms with E-state index >= 15 is 0 Å². The number of allylic oxidation sites excluding steroid dienone is 5. The highest BCUT2D eigenvalue weighted by Crippen LogP contribution is 2.48. The van der Waals surface area contributed by atoms with Crippen LogP contribution in [0.5, 0.6) is 0 Å². The number of hydrogen-bond acceptors (Lipinski definition) is 5. The molecule has 8 unspecified atom stereocenters. The maximum absolute atomic E-state index is 10.2. The molecule has 0 aromatic rings. The average Bonchev–Trinajstić information content (AvgIpc) is 2.70. The molecule has 5 nitrogen and oxygen atoms in total. The van der Waals surface area contributed by atoms with Gasteiger partial charge in [0.05, 0.1) is 13.2 Å². The zero-order chi connectivity index (χ0) is 21.8. The first-order chi connectivity index (χ1) is 14.3. The second-order valence-corrected chi connectivity index (χ2v) is 9.80. The van der Waals surface area contributed by atoms with Crippen LogP contribution in [0.3, 0.4) is 0 Å². The van der Waals surface area contributed by atoms with Crippen LogP contribution in [0.25, 0.3) is 0 Å². The Bertz CT molecular complexity index is 650. The Morgan fingerprint density at radius 3 is 2.73 bits per heavy atom. The highest BCUT2D eigenvalue weighted by atomic mass is 16.7. The van der Waals surface area contributed by atoms with E-state index < -0.39 is 24.6 Å².